The lowest BCUT2D eigenvalue weighted by Gasteiger charge is -2.14. The number of ether oxygens (including phenoxy) is 1. The average Bonchev–Trinajstić information content (AvgIpc) is 2.42. The summed E-state index contributed by atoms with van der Waals surface area (Å²) < 4.78 is 5.17. The third-order valence-corrected chi connectivity index (χ3v) is 3.55. The van der Waals surface area contributed by atoms with Crippen molar-refractivity contribution in [2.75, 3.05) is 19.0 Å². The number of hydrogen-bond donors (Lipinski definition) is 1. The Kier molecular flexibility index (Phi) is 4.67. The van der Waals surface area contributed by atoms with Crippen LogP contribution in [0.15, 0.2) is 36.4 Å². The minimum Gasteiger partial charge on any atom is -0.497 e. The molecule has 0 aliphatic rings. The van der Waals surface area contributed by atoms with Crippen LogP contribution >= 0.6 is 0 Å². The minimum atomic E-state index is 0.909. The quantitative estimate of drug-likeness (QED) is 0.875. The van der Waals surface area contributed by atoms with Gasteiger partial charge in [0.1, 0.15) is 5.75 Å². The first kappa shape index (κ1) is 14.4. The highest BCUT2D eigenvalue weighted by atomic mass is 16.5. The van der Waals surface area contributed by atoms with E-state index in [9.17, 15) is 0 Å². The zero-order chi connectivity index (χ0) is 14.5. The van der Waals surface area contributed by atoms with E-state index in [0.29, 0.717) is 0 Å². The molecule has 2 aromatic carbocycles. The Hall–Kier alpha value is -1.96. The predicted octanol–water partition coefficient (Wildman–Crippen LogP) is 4.28. The van der Waals surface area contributed by atoms with Crippen LogP contribution < -0.4 is 10.1 Å². The van der Waals surface area contributed by atoms with E-state index in [1.165, 1.54) is 27.9 Å². The van der Waals surface area contributed by atoms with Crippen molar-refractivity contribution in [3.05, 3.63) is 58.7 Å². The van der Waals surface area contributed by atoms with E-state index in [1.807, 2.05) is 12.1 Å². The van der Waals surface area contributed by atoms with Crippen LogP contribution in [-0.2, 0) is 6.42 Å². The van der Waals surface area contributed by atoms with Crippen molar-refractivity contribution in [3.8, 4) is 5.75 Å². The van der Waals surface area contributed by atoms with Gasteiger partial charge in [-0.25, -0.2) is 0 Å². The molecule has 0 aliphatic heterocycles. The fraction of sp³-hybridized carbons (Fsp3) is 0.333. The Morgan fingerprint density at radius 3 is 2.10 bits per heavy atom. The summed E-state index contributed by atoms with van der Waals surface area (Å²) >= 11 is 0. The lowest BCUT2D eigenvalue weighted by Crippen LogP contribution is -2.07. The summed E-state index contributed by atoms with van der Waals surface area (Å²) in [7, 11) is 1.69. The molecule has 0 spiro atoms. The Balaban J connectivity index is 1.95. The standard InChI is InChI=1S/C18H23NO/c1-13-11-14(2)18(15(3)12-13)19-10-9-16-5-7-17(20-4)8-6-16/h5-8,11-12,19H,9-10H2,1-4H3. The molecule has 0 heterocycles. The van der Waals surface area contributed by atoms with Gasteiger partial charge < -0.3 is 10.1 Å². The van der Waals surface area contributed by atoms with Crippen LogP contribution in [0.1, 0.15) is 22.3 Å². The second-order valence-corrected chi connectivity index (χ2v) is 5.30. The maximum absolute atomic E-state index is 5.17. The largest absolute Gasteiger partial charge is 0.497 e. The molecule has 20 heavy (non-hydrogen) atoms. The van der Waals surface area contributed by atoms with Crippen molar-refractivity contribution in [2.45, 2.75) is 27.2 Å². The van der Waals surface area contributed by atoms with Gasteiger partial charge in [0, 0.05) is 12.2 Å². The van der Waals surface area contributed by atoms with E-state index >= 15 is 0 Å². The first-order chi connectivity index (χ1) is 9.60. The molecular formula is C18H23NO. The second kappa shape index (κ2) is 6.47. The number of nitrogens with one attached hydrogen (secondary N) is 1. The predicted molar refractivity (Wildman–Crippen MR) is 85.8 cm³/mol. The molecule has 0 amide bonds. The van der Waals surface area contributed by atoms with Crippen LogP contribution in [0, 0.1) is 20.8 Å². The zero-order valence-corrected chi connectivity index (χ0v) is 12.8. The highest BCUT2D eigenvalue weighted by Gasteiger charge is 2.03. The molecule has 2 nitrogen and oxygen atoms in total. The molecule has 2 heteroatoms. The van der Waals surface area contributed by atoms with Gasteiger partial charge in [-0.05, 0) is 56.0 Å². The SMILES string of the molecule is COc1ccc(CCNc2c(C)cc(C)cc2C)cc1. The van der Waals surface area contributed by atoms with Gasteiger partial charge in [-0.3, -0.25) is 0 Å². The Labute approximate surface area is 121 Å². The fourth-order valence-electron chi connectivity index (χ4n) is 2.58. The van der Waals surface area contributed by atoms with Crippen molar-refractivity contribution in [1.29, 1.82) is 0 Å². The summed E-state index contributed by atoms with van der Waals surface area (Å²) in [5.41, 5.74) is 6.54. The van der Waals surface area contributed by atoms with Gasteiger partial charge in [0.25, 0.3) is 0 Å². The number of aryl methyl sites for hydroxylation is 3. The van der Waals surface area contributed by atoms with E-state index in [4.69, 9.17) is 4.74 Å². The Morgan fingerprint density at radius 2 is 1.55 bits per heavy atom. The van der Waals surface area contributed by atoms with Crippen LogP contribution in [0.5, 0.6) is 5.75 Å². The van der Waals surface area contributed by atoms with E-state index in [0.717, 1.165) is 18.7 Å². The van der Waals surface area contributed by atoms with Crippen molar-refractivity contribution >= 4 is 5.69 Å². The lowest BCUT2D eigenvalue weighted by molar-refractivity contribution is 0.414. The smallest absolute Gasteiger partial charge is 0.118 e. The summed E-state index contributed by atoms with van der Waals surface area (Å²) in [4.78, 5) is 0. The number of methoxy groups -OCH3 is 1. The third-order valence-electron chi connectivity index (χ3n) is 3.55. The molecule has 0 aliphatic carbocycles. The van der Waals surface area contributed by atoms with Gasteiger partial charge >= 0.3 is 0 Å². The van der Waals surface area contributed by atoms with Gasteiger partial charge in [-0.2, -0.15) is 0 Å². The number of anilines is 1. The second-order valence-electron chi connectivity index (χ2n) is 5.30. The molecule has 106 valence electrons. The first-order valence-corrected chi connectivity index (χ1v) is 7.05. The highest BCUT2D eigenvalue weighted by Crippen LogP contribution is 2.22. The summed E-state index contributed by atoms with van der Waals surface area (Å²) in [5.74, 6) is 0.909. The average molecular weight is 269 g/mol. The van der Waals surface area contributed by atoms with Crippen LogP contribution in [0.2, 0.25) is 0 Å². The van der Waals surface area contributed by atoms with Gasteiger partial charge in [-0.15, -0.1) is 0 Å². The Morgan fingerprint density at radius 1 is 0.950 bits per heavy atom. The molecule has 0 radical (unpaired) electrons. The maximum Gasteiger partial charge on any atom is 0.118 e. The van der Waals surface area contributed by atoms with E-state index in [-0.39, 0.29) is 0 Å². The molecule has 0 unspecified atom stereocenters. The summed E-state index contributed by atoms with van der Waals surface area (Å²) in [5, 5.41) is 3.55. The fourth-order valence-corrected chi connectivity index (χ4v) is 2.58. The monoisotopic (exact) mass is 269 g/mol. The van der Waals surface area contributed by atoms with E-state index < -0.39 is 0 Å². The molecule has 0 saturated heterocycles. The number of hydrogen-bond acceptors (Lipinski definition) is 2. The molecule has 0 saturated carbocycles. The van der Waals surface area contributed by atoms with Crippen LogP contribution in [0.25, 0.3) is 0 Å². The summed E-state index contributed by atoms with van der Waals surface area (Å²) in [6.45, 7) is 7.41. The molecular weight excluding hydrogens is 246 g/mol. The van der Waals surface area contributed by atoms with Crippen LogP contribution in [0.4, 0.5) is 5.69 Å². The highest BCUT2D eigenvalue weighted by molar-refractivity contribution is 5.58. The maximum atomic E-state index is 5.17. The Bertz CT molecular complexity index is 549. The van der Waals surface area contributed by atoms with Gasteiger partial charge in [0.2, 0.25) is 0 Å². The van der Waals surface area contributed by atoms with Crippen molar-refractivity contribution in [3.63, 3.8) is 0 Å². The van der Waals surface area contributed by atoms with E-state index in [1.54, 1.807) is 7.11 Å². The normalized spacial score (nSPS) is 10.4. The van der Waals surface area contributed by atoms with Crippen molar-refractivity contribution < 1.29 is 4.74 Å². The number of rotatable bonds is 5. The van der Waals surface area contributed by atoms with Crippen molar-refractivity contribution in [1.82, 2.24) is 0 Å². The minimum absolute atomic E-state index is 0.909. The van der Waals surface area contributed by atoms with Gasteiger partial charge in [-0.1, -0.05) is 29.8 Å². The molecule has 0 fully saturated rings. The zero-order valence-electron chi connectivity index (χ0n) is 12.8. The molecule has 0 bridgehead atoms. The first-order valence-electron chi connectivity index (χ1n) is 7.05. The molecule has 0 atom stereocenters. The summed E-state index contributed by atoms with van der Waals surface area (Å²) in [6.07, 6.45) is 1.01. The van der Waals surface area contributed by atoms with Crippen LogP contribution in [-0.4, -0.2) is 13.7 Å². The molecule has 0 aromatic heterocycles. The van der Waals surface area contributed by atoms with Crippen LogP contribution in [0.3, 0.4) is 0 Å². The molecule has 1 N–H and O–H groups in total. The van der Waals surface area contributed by atoms with Gasteiger partial charge in [0.05, 0.1) is 7.11 Å². The lowest BCUT2D eigenvalue weighted by atomic mass is 10.0. The van der Waals surface area contributed by atoms with E-state index in [2.05, 4.69) is 50.4 Å². The third kappa shape index (κ3) is 3.53. The topological polar surface area (TPSA) is 21.3 Å². The molecule has 2 rings (SSSR count). The number of benzene rings is 2. The molecule has 2 aromatic rings. The van der Waals surface area contributed by atoms with Crippen molar-refractivity contribution in [2.24, 2.45) is 0 Å². The summed E-state index contributed by atoms with van der Waals surface area (Å²) in [6, 6.07) is 12.7. The van der Waals surface area contributed by atoms with Gasteiger partial charge in [0.15, 0.2) is 0 Å².